The van der Waals surface area contributed by atoms with Crippen LogP contribution in [0.2, 0.25) is 0 Å². The molecule has 0 unspecified atom stereocenters. The molecule has 0 bridgehead atoms. The van der Waals surface area contributed by atoms with Gasteiger partial charge in [-0.3, -0.25) is 0 Å². The van der Waals surface area contributed by atoms with Crippen LogP contribution in [-0.4, -0.2) is 6.54 Å². The summed E-state index contributed by atoms with van der Waals surface area (Å²) in [5.74, 6) is 0. The number of nitrogens with two attached hydrogens (primary N) is 1. The molecule has 0 saturated heterocycles. The second-order valence-electron chi connectivity index (χ2n) is 1.77. The van der Waals surface area contributed by atoms with Gasteiger partial charge in [-0.05, 0) is 19.9 Å². The highest BCUT2D eigenvalue weighted by Gasteiger charge is 1.57. The third kappa shape index (κ3) is 56.8. The maximum Gasteiger partial charge on any atom is -0.0106 e. The molecule has 0 aliphatic rings. The smallest absolute Gasteiger partial charge is 0.0106 e. The van der Waals surface area contributed by atoms with Crippen molar-refractivity contribution >= 4 is 0 Å². The molecule has 0 saturated carbocycles. The van der Waals surface area contributed by atoms with Crippen LogP contribution in [-0.2, 0) is 0 Å². The molecule has 74 valence electrons. The highest BCUT2D eigenvalue weighted by molar-refractivity contribution is 5.00. The third-order valence-corrected chi connectivity index (χ3v) is 0.675. The van der Waals surface area contributed by atoms with Crippen molar-refractivity contribution in [1.82, 2.24) is 0 Å². The third-order valence-electron chi connectivity index (χ3n) is 0.675. The molecule has 2 N–H and O–H groups in total. The van der Waals surface area contributed by atoms with E-state index in [9.17, 15) is 0 Å². The Kier molecular flexibility index (Phi) is 45.9. The quantitative estimate of drug-likeness (QED) is 0.632. The number of hydrogen-bond donors (Lipinski definition) is 1. The first kappa shape index (κ1) is 17.5. The summed E-state index contributed by atoms with van der Waals surface area (Å²) in [6.07, 6.45) is 9.36. The molecule has 0 aliphatic heterocycles. The lowest BCUT2D eigenvalue weighted by Gasteiger charge is -1.70. The Morgan fingerprint density at radius 2 is 1.50 bits per heavy atom. The van der Waals surface area contributed by atoms with Crippen LogP contribution in [0.1, 0.15) is 41.0 Å². The van der Waals surface area contributed by atoms with Crippen LogP contribution in [0.25, 0.3) is 0 Å². The van der Waals surface area contributed by atoms with Crippen molar-refractivity contribution in [2.45, 2.75) is 41.0 Å². The van der Waals surface area contributed by atoms with Gasteiger partial charge in [-0.1, -0.05) is 52.0 Å². The molecule has 0 aliphatic carbocycles. The van der Waals surface area contributed by atoms with Crippen molar-refractivity contribution in [3.05, 3.63) is 24.3 Å². The van der Waals surface area contributed by atoms with Crippen molar-refractivity contribution in [3.63, 3.8) is 0 Å². The zero-order valence-electron chi connectivity index (χ0n) is 9.30. The summed E-state index contributed by atoms with van der Waals surface area (Å²) < 4.78 is 0. The zero-order chi connectivity index (χ0) is 10.2. The van der Waals surface area contributed by atoms with Gasteiger partial charge >= 0.3 is 0 Å². The molecule has 0 spiro atoms. The first-order valence-corrected chi connectivity index (χ1v) is 4.81. The molecule has 0 aromatic heterocycles. The van der Waals surface area contributed by atoms with Crippen LogP contribution in [0.3, 0.4) is 0 Å². The molecule has 0 aromatic carbocycles. The van der Waals surface area contributed by atoms with Crippen molar-refractivity contribution in [3.8, 4) is 0 Å². The van der Waals surface area contributed by atoms with E-state index in [4.69, 9.17) is 5.73 Å². The normalized spacial score (nSPS) is 8.83. The summed E-state index contributed by atoms with van der Waals surface area (Å²) in [7, 11) is 0. The molecule has 0 atom stereocenters. The van der Waals surface area contributed by atoms with E-state index in [-0.39, 0.29) is 0 Å². The lowest BCUT2D eigenvalue weighted by molar-refractivity contribution is 1.14. The second-order valence-corrected chi connectivity index (χ2v) is 1.77. The highest BCUT2D eigenvalue weighted by Crippen LogP contribution is 1.79. The van der Waals surface area contributed by atoms with Gasteiger partial charge in [0.1, 0.15) is 0 Å². The molecular weight excluding hydrogens is 146 g/mol. The minimum Gasteiger partial charge on any atom is -0.331 e. The van der Waals surface area contributed by atoms with E-state index in [0.29, 0.717) is 0 Å². The molecule has 12 heavy (non-hydrogen) atoms. The first-order valence-electron chi connectivity index (χ1n) is 4.81. The lowest BCUT2D eigenvalue weighted by atomic mass is 10.4. The fourth-order valence-corrected chi connectivity index (χ4v) is 0.326. The van der Waals surface area contributed by atoms with E-state index in [1.54, 1.807) is 0 Å². The second kappa shape index (κ2) is 31.4. The van der Waals surface area contributed by atoms with Gasteiger partial charge < -0.3 is 5.73 Å². The monoisotopic (exact) mass is 171 g/mol. The fourth-order valence-electron chi connectivity index (χ4n) is 0.326. The van der Waals surface area contributed by atoms with Crippen LogP contribution in [0.4, 0.5) is 0 Å². The van der Waals surface area contributed by atoms with Crippen LogP contribution >= 0.6 is 0 Å². The van der Waals surface area contributed by atoms with Gasteiger partial charge in [0.2, 0.25) is 0 Å². The largest absolute Gasteiger partial charge is 0.331 e. The molecule has 1 heteroatoms. The van der Waals surface area contributed by atoms with Crippen molar-refractivity contribution < 1.29 is 0 Å². The minimum absolute atomic E-state index is 0.750. The van der Waals surface area contributed by atoms with Crippen molar-refractivity contribution in [2.75, 3.05) is 6.54 Å². The van der Waals surface area contributed by atoms with Gasteiger partial charge in [-0.25, -0.2) is 0 Å². The van der Waals surface area contributed by atoms with E-state index >= 15 is 0 Å². The number of allylic oxidation sites excluding steroid dienone is 4. The van der Waals surface area contributed by atoms with Gasteiger partial charge in [0.05, 0.1) is 0 Å². The Labute approximate surface area is 78.4 Å². The average Bonchev–Trinajstić information content (AvgIpc) is 2.11. The summed E-state index contributed by atoms with van der Waals surface area (Å²) in [6, 6.07) is 0. The Hall–Kier alpha value is -0.560. The summed E-state index contributed by atoms with van der Waals surface area (Å²) in [5.41, 5.74) is 4.85. The molecular formula is C11H25N. The van der Waals surface area contributed by atoms with Gasteiger partial charge in [-0.2, -0.15) is 0 Å². The average molecular weight is 171 g/mol. The maximum atomic E-state index is 4.85. The van der Waals surface area contributed by atoms with Crippen molar-refractivity contribution in [2.24, 2.45) is 5.73 Å². The van der Waals surface area contributed by atoms with Crippen LogP contribution in [0.5, 0.6) is 0 Å². The molecule has 0 rings (SSSR count). The molecule has 0 aromatic rings. The Morgan fingerprint density at radius 1 is 1.08 bits per heavy atom. The standard InChI is InChI=1S/C7H12.C2H7N.C2H6/c1-3-5-7-6-4-2;1-2-3;1-2/h3,5-7H,4H2,1-2H3;2-3H2,1H3;1-2H3/b5-3-,7-6-;;. The van der Waals surface area contributed by atoms with E-state index in [2.05, 4.69) is 19.1 Å². The van der Waals surface area contributed by atoms with Crippen molar-refractivity contribution in [1.29, 1.82) is 0 Å². The minimum atomic E-state index is 0.750. The Bertz CT molecular complexity index is 83.0. The van der Waals surface area contributed by atoms with Gasteiger partial charge in [0, 0.05) is 0 Å². The van der Waals surface area contributed by atoms with Crippen LogP contribution < -0.4 is 5.73 Å². The Morgan fingerprint density at radius 3 is 1.75 bits per heavy atom. The van der Waals surface area contributed by atoms with Gasteiger partial charge in [-0.15, -0.1) is 0 Å². The highest BCUT2D eigenvalue weighted by atomic mass is 14.5. The number of hydrogen-bond acceptors (Lipinski definition) is 1. The Balaban J connectivity index is -0.000000137. The van der Waals surface area contributed by atoms with E-state index in [1.165, 1.54) is 0 Å². The van der Waals surface area contributed by atoms with Crippen LogP contribution in [0.15, 0.2) is 24.3 Å². The lowest BCUT2D eigenvalue weighted by Crippen LogP contribution is -1.87. The molecule has 0 amide bonds. The van der Waals surface area contributed by atoms with Crippen LogP contribution in [0, 0.1) is 0 Å². The summed E-state index contributed by atoms with van der Waals surface area (Å²) in [5, 5.41) is 0. The van der Waals surface area contributed by atoms with E-state index in [0.717, 1.165) is 13.0 Å². The van der Waals surface area contributed by atoms with Gasteiger partial charge in [0.15, 0.2) is 0 Å². The first-order chi connectivity index (χ1) is 5.83. The molecule has 0 radical (unpaired) electrons. The summed E-state index contributed by atoms with van der Waals surface area (Å²) in [4.78, 5) is 0. The zero-order valence-corrected chi connectivity index (χ0v) is 9.30. The summed E-state index contributed by atoms with van der Waals surface area (Å²) >= 11 is 0. The summed E-state index contributed by atoms with van der Waals surface area (Å²) in [6.45, 7) is 10.8. The SMILES string of the molecule is C/C=C\C=C/CC.CC.CCN. The molecule has 1 nitrogen and oxygen atoms in total. The van der Waals surface area contributed by atoms with Gasteiger partial charge in [0.25, 0.3) is 0 Å². The predicted molar refractivity (Wildman–Crippen MR) is 60.3 cm³/mol. The number of rotatable bonds is 2. The fraction of sp³-hybridized carbons (Fsp3) is 0.636. The van der Waals surface area contributed by atoms with E-state index in [1.807, 2.05) is 39.8 Å². The molecule has 0 heterocycles. The topological polar surface area (TPSA) is 26.0 Å². The maximum absolute atomic E-state index is 4.85. The van der Waals surface area contributed by atoms with E-state index < -0.39 is 0 Å². The predicted octanol–water partition coefficient (Wildman–Crippen LogP) is 3.52. The molecule has 0 fully saturated rings.